The minimum absolute atomic E-state index is 0.342. The summed E-state index contributed by atoms with van der Waals surface area (Å²) in [5, 5.41) is 7.66. The summed E-state index contributed by atoms with van der Waals surface area (Å²) in [5.74, 6) is 21.9. The predicted molar refractivity (Wildman–Crippen MR) is 161 cm³/mol. The van der Waals surface area contributed by atoms with Gasteiger partial charge in [0.1, 0.15) is 12.1 Å². The second kappa shape index (κ2) is 16.4. The number of hydrogen-bond acceptors (Lipinski definition) is 6. The molecule has 0 fully saturated rings. The highest BCUT2D eigenvalue weighted by molar-refractivity contribution is 6.08. The standard InChI is InChI=1S/C32H26BN5O/c1-7-28-9-8-10-32(39-20-18-33)31(28)16-14-29(17-19-34-5)24(2)11-12-25(3)30(26(4)38-35-6)15-13-27-21-36-23-37-22-27/h1,8-10,17,19,21-23H,5-6,18,20H2,2-4H3/b19-17-,29-24+,30-25+,38-26-. The van der Waals surface area contributed by atoms with E-state index in [9.17, 15) is 0 Å². The summed E-state index contributed by atoms with van der Waals surface area (Å²) in [6.07, 6.45) is 14.0. The van der Waals surface area contributed by atoms with Crippen LogP contribution in [0.25, 0.3) is 0 Å². The van der Waals surface area contributed by atoms with Gasteiger partial charge in [0.15, 0.2) is 0 Å². The lowest BCUT2D eigenvalue weighted by atomic mass is 10.0. The first-order valence-electron chi connectivity index (χ1n) is 11.7. The number of aromatic nitrogens is 2. The summed E-state index contributed by atoms with van der Waals surface area (Å²) in [7, 11) is 5.59. The second-order valence-corrected chi connectivity index (χ2v) is 7.70. The van der Waals surface area contributed by atoms with Crippen LogP contribution in [0.4, 0.5) is 0 Å². The Hall–Kier alpha value is -5.37. The van der Waals surface area contributed by atoms with E-state index in [-0.39, 0.29) is 0 Å². The fourth-order valence-electron chi connectivity index (χ4n) is 3.01. The Kier molecular flexibility index (Phi) is 12.6. The molecular weight excluding hydrogens is 481 g/mol. The third kappa shape index (κ3) is 9.55. The minimum atomic E-state index is 0.342. The molecule has 2 rings (SSSR count). The Bertz CT molecular complexity index is 1570. The van der Waals surface area contributed by atoms with E-state index < -0.39 is 0 Å². The van der Waals surface area contributed by atoms with E-state index in [1.54, 1.807) is 43.7 Å². The van der Waals surface area contributed by atoms with Gasteiger partial charge in [-0.05, 0) is 45.7 Å². The monoisotopic (exact) mass is 507 g/mol. The fraction of sp³-hybridized carbons (Fsp3) is 0.156. The lowest BCUT2D eigenvalue weighted by molar-refractivity contribution is 0.339. The van der Waals surface area contributed by atoms with E-state index in [0.717, 1.165) is 0 Å². The highest BCUT2D eigenvalue weighted by atomic mass is 16.5. The van der Waals surface area contributed by atoms with Gasteiger partial charge in [-0.1, -0.05) is 53.8 Å². The van der Waals surface area contributed by atoms with Crippen molar-refractivity contribution in [1.29, 1.82) is 0 Å². The van der Waals surface area contributed by atoms with Crippen molar-refractivity contribution in [3.8, 4) is 53.6 Å². The van der Waals surface area contributed by atoms with Crippen LogP contribution in [0.2, 0.25) is 6.32 Å². The third-order valence-corrected chi connectivity index (χ3v) is 4.92. The van der Waals surface area contributed by atoms with Crippen LogP contribution in [0.15, 0.2) is 86.7 Å². The van der Waals surface area contributed by atoms with Gasteiger partial charge in [0.25, 0.3) is 0 Å². The molecule has 0 bridgehead atoms. The van der Waals surface area contributed by atoms with Gasteiger partial charge in [0.2, 0.25) is 0 Å². The highest BCUT2D eigenvalue weighted by Gasteiger charge is 2.06. The summed E-state index contributed by atoms with van der Waals surface area (Å²) in [4.78, 5) is 11.8. The van der Waals surface area contributed by atoms with Crippen molar-refractivity contribution >= 4 is 27.0 Å². The van der Waals surface area contributed by atoms with Crippen molar-refractivity contribution in [3.63, 3.8) is 0 Å². The molecular formula is C32H26BN5O. The number of aliphatic imine (C=N–C) groups is 1. The molecule has 0 aliphatic heterocycles. The molecule has 39 heavy (non-hydrogen) atoms. The molecule has 0 aliphatic rings. The van der Waals surface area contributed by atoms with Crippen LogP contribution in [0, 0.1) is 47.9 Å². The van der Waals surface area contributed by atoms with Gasteiger partial charge >= 0.3 is 0 Å². The van der Waals surface area contributed by atoms with Crippen molar-refractivity contribution in [1.82, 2.24) is 9.97 Å². The number of allylic oxidation sites excluding steroid dienone is 5. The van der Waals surface area contributed by atoms with Crippen molar-refractivity contribution in [3.05, 3.63) is 88.2 Å². The molecule has 0 saturated carbocycles. The summed E-state index contributed by atoms with van der Waals surface area (Å²) in [6.45, 7) is 12.8. The Labute approximate surface area is 232 Å². The van der Waals surface area contributed by atoms with Gasteiger partial charge in [-0.3, -0.25) is 4.99 Å². The number of hydrogen-bond donors (Lipinski definition) is 0. The van der Waals surface area contributed by atoms with Crippen LogP contribution >= 0.6 is 0 Å². The number of rotatable bonds is 7. The van der Waals surface area contributed by atoms with Gasteiger partial charge in [-0.25, -0.2) is 9.97 Å². The number of terminal acetylenes is 1. The molecule has 7 heteroatoms. The van der Waals surface area contributed by atoms with Crippen LogP contribution in [-0.2, 0) is 0 Å². The minimum Gasteiger partial charge on any atom is -0.493 e. The van der Waals surface area contributed by atoms with Crippen LogP contribution in [0.1, 0.15) is 37.5 Å². The van der Waals surface area contributed by atoms with E-state index in [1.807, 2.05) is 19.9 Å². The molecule has 0 saturated heterocycles. The molecule has 6 nitrogen and oxygen atoms in total. The molecule has 188 valence electrons. The lowest BCUT2D eigenvalue weighted by Crippen LogP contribution is -1.99. The molecule has 0 amide bonds. The molecule has 1 aromatic carbocycles. The Morgan fingerprint density at radius 3 is 2.46 bits per heavy atom. The molecule has 2 radical (unpaired) electrons. The van der Waals surface area contributed by atoms with E-state index in [0.29, 0.717) is 63.4 Å². The zero-order valence-corrected chi connectivity index (χ0v) is 22.2. The van der Waals surface area contributed by atoms with Crippen molar-refractivity contribution in [2.45, 2.75) is 27.1 Å². The first-order valence-corrected chi connectivity index (χ1v) is 11.7. The first-order chi connectivity index (χ1) is 18.9. The summed E-state index contributed by atoms with van der Waals surface area (Å²) in [6, 6.07) is 5.42. The summed E-state index contributed by atoms with van der Waals surface area (Å²) in [5.41, 5.74) is 5.08. The van der Waals surface area contributed by atoms with Crippen LogP contribution in [-0.4, -0.2) is 43.6 Å². The molecule has 0 unspecified atom stereocenters. The van der Waals surface area contributed by atoms with Crippen LogP contribution in [0.3, 0.4) is 0 Å². The maximum absolute atomic E-state index is 5.74. The largest absolute Gasteiger partial charge is 0.493 e. The van der Waals surface area contributed by atoms with Gasteiger partial charge in [-0.2, -0.15) is 10.2 Å². The maximum atomic E-state index is 5.74. The Morgan fingerprint density at radius 2 is 1.79 bits per heavy atom. The van der Waals surface area contributed by atoms with Gasteiger partial charge in [0.05, 0.1) is 36.9 Å². The average Bonchev–Trinajstić information content (AvgIpc) is 2.95. The highest BCUT2D eigenvalue weighted by Crippen LogP contribution is 2.22. The molecule has 0 N–H and O–H groups in total. The number of nitrogens with zero attached hydrogens (tertiary/aromatic N) is 5. The van der Waals surface area contributed by atoms with Crippen LogP contribution < -0.4 is 4.74 Å². The first kappa shape index (κ1) is 29.9. The summed E-state index contributed by atoms with van der Waals surface area (Å²) < 4.78 is 5.74. The van der Waals surface area contributed by atoms with Gasteiger partial charge in [0, 0.05) is 47.6 Å². The van der Waals surface area contributed by atoms with Crippen LogP contribution in [0.5, 0.6) is 5.75 Å². The van der Waals surface area contributed by atoms with Gasteiger partial charge in [-0.15, -0.1) is 6.42 Å². The van der Waals surface area contributed by atoms with Crippen molar-refractivity contribution in [2.24, 2.45) is 15.2 Å². The molecule has 1 aromatic heterocycles. The fourth-order valence-corrected chi connectivity index (χ4v) is 3.01. The Balaban J connectivity index is 2.62. The van der Waals surface area contributed by atoms with Gasteiger partial charge < -0.3 is 4.74 Å². The predicted octanol–water partition coefficient (Wildman–Crippen LogP) is 4.75. The lowest BCUT2D eigenvalue weighted by Gasteiger charge is -2.08. The maximum Gasteiger partial charge on any atom is 0.136 e. The third-order valence-electron chi connectivity index (χ3n) is 4.92. The average molecular weight is 507 g/mol. The molecule has 0 spiro atoms. The smallest absolute Gasteiger partial charge is 0.136 e. The number of ether oxygens (including phenoxy) is 1. The van der Waals surface area contributed by atoms with E-state index in [2.05, 4.69) is 80.0 Å². The molecule has 0 atom stereocenters. The topological polar surface area (TPSA) is 72.1 Å². The summed E-state index contributed by atoms with van der Waals surface area (Å²) >= 11 is 0. The molecule has 1 heterocycles. The van der Waals surface area contributed by atoms with Crippen molar-refractivity contribution < 1.29 is 4.74 Å². The second-order valence-electron chi connectivity index (χ2n) is 7.70. The molecule has 2 aromatic rings. The van der Waals surface area contributed by atoms with Crippen molar-refractivity contribution in [2.75, 3.05) is 6.61 Å². The molecule has 0 aliphatic carbocycles. The van der Waals surface area contributed by atoms with E-state index in [4.69, 9.17) is 19.0 Å². The zero-order valence-electron chi connectivity index (χ0n) is 22.2. The normalized spacial score (nSPS) is 11.7. The Morgan fingerprint density at radius 1 is 1.05 bits per heavy atom. The quantitative estimate of drug-likeness (QED) is 0.179. The SMILES string of the molecule is [B]CCOc1cccc(C#C)c1C#CC(/C=C\N=C)=C(/C)C#C/C(C)=C(C#Cc1cncnc1)/C(C)=N\N=C. The van der Waals surface area contributed by atoms with E-state index in [1.165, 1.54) is 6.33 Å². The zero-order chi connectivity index (χ0) is 28.5. The number of benzene rings is 1. The van der Waals surface area contributed by atoms with E-state index >= 15 is 0 Å².